The van der Waals surface area contributed by atoms with Gasteiger partial charge in [0.1, 0.15) is 6.04 Å². The first-order chi connectivity index (χ1) is 11.0. The quantitative estimate of drug-likeness (QED) is 0.943. The van der Waals surface area contributed by atoms with Crippen LogP contribution in [0.4, 0.5) is 0 Å². The molecule has 1 aliphatic heterocycles. The van der Waals surface area contributed by atoms with Crippen LogP contribution in [-0.4, -0.2) is 53.3 Å². The number of nitrogens with one attached hydrogen (secondary N) is 1. The fourth-order valence-electron chi connectivity index (χ4n) is 3.39. The summed E-state index contributed by atoms with van der Waals surface area (Å²) in [6.07, 6.45) is 3.90. The van der Waals surface area contributed by atoms with Gasteiger partial charge in [0.05, 0.1) is 6.42 Å². The number of rotatable bonds is 3. The van der Waals surface area contributed by atoms with Crippen LogP contribution >= 0.6 is 0 Å². The van der Waals surface area contributed by atoms with Gasteiger partial charge < -0.3 is 14.8 Å². The fraction of sp³-hybridized carbons (Fsp3) is 0.444. The molecule has 1 aromatic heterocycles. The van der Waals surface area contributed by atoms with Crippen molar-refractivity contribution in [3.8, 4) is 0 Å². The van der Waals surface area contributed by atoms with Gasteiger partial charge in [0, 0.05) is 37.7 Å². The highest BCUT2D eigenvalue weighted by atomic mass is 16.2. The number of fused-ring (bicyclic) bond motifs is 1. The summed E-state index contributed by atoms with van der Waals surface area (Å²) in [5.41, 5.74) is 3.25. The van der Waals surface area contributed by atoms with Gasteiger partial charge in [0.25, 0.3) is 0 Å². The van der Waals surface area contributed by atoms with E-state index < -0.39 is 0 Å². The molecule has 2 heterocycles. The average molecular weight is 313 g/mol. The first kappa shape index (κ1) is 15.6. The second kappa shape index (κ2) is 6.07. The average Bonchev–Trinajstić information content (AvgIpc) is 3.14. The number of benzene rings is 1. The molecule has 5 heteroatoms. The number of carbonyl (C=O) groups is 2. The number of aromatic nitrogens is 1. The fourth-order valence-corrected chi connectivity index (χ4v) is 3.39. The standard InChI is InChI=1S/C18H23N3O2/c1-12-6-4-7-14-13(11-19-17(12)14)10-16(22)21-9-5-8-15(21)18(23)20(2)3/h4,6-7,11,15,19H,5,8-10H2,1-3H3. The molecule has 1 fully saturated rings. The maximum atomic E-state index is 12.7. The van der Waals surface area contributed by atoms with Gasteiger partial charge >= 0.3 is 0 Å². The molecular formula is C18H23N3O2. The van der Waals surface area contributed by atoms with E-state index in [1.807, 2.05) is 18.3 Å². The number of amides is 2. The van der Waals surface area contributed by atoms with Crippen molar-refractivity contribution in [3.63, 3.8) is 0 Å². The molecule has 0 spiro atoms. The lowest BCUT2D eigenvalue weighted by Gasteiger charge is -2.26. The van der Waals surface area contributed by atoms with Gasteiger partial charge in [-0.05, 0) is 30.9 Å². The Bertz CT molecular complexity index is 748. The number of carbonyl (C=O) groups excluding carboxylic acids is 2. The monoisotopic (exact) mass is 313 g/mol. The Kier molecular flexibility index (Phi) is 4.11. The second-order valence-electron chi connectivity index (χ2n) is 6.47. The molecule has 1 aliphatic rings. The molecule has 1 aromatic carbocycles. The lowest BCUT2D eigenvalue weighted by molar-refractivity contribution is -0.141. The number of aromatic amines is 1. The molecule has 0 aliphatic carbocycles. The number of aryl methyl sites for hydroxylation is 1. The van der Waals surface area contributed by atoms with E-state index in [2.05, 4.69) is 18.0 Å². The largest absolute Gasteiger partial charge is 0.361 e. The summed E-state index contributed by atoms with van der Waals surface area (Å²) in [6.45, 7) is 2.72. The first-order valence-corrected chi connectivity index (χ1v) is 8.05. The Morgan fingerprint density at radius 3 is 2.87 bits per heavy atom. The summed E-state index contributed by atoms with van der Waals surface area (Å²) < 4.78 is 0. The van der Waals surface area contributed by atoms with Gasteiger partial charge in [-0.2, -0.15) is 0 Å². The first-order valence-electron chi connectivity index (χ1n) is 8.05. The summed E-state index contributed by atoms with van der Waals surface area (Å²) in [5, 5.41) is 1.09. The second-order valence-corrected chi connectivity index (χ2v) is 6.47. The Balaban J connectivity index is 1.80. The van der Waals surface area contributed by atoms with Crippen LogP contribution in [0.15, 0.2) is 24.4 Å². The van der Waals surface area contributed by atoms with Crippen LogP contribution in [-0.2, 0) is 16.0 Å². The van der Waals surface area contributed by atoms with E-state index in [9.17, 15) is 9.59 Å². The zero-order valence-electron chi connectivity index (χ0n) is 13.9. The van der Waals surface area contributed by atoms with E-state index in [1.165, 1.54) is 5.56 Å². The molecular weight excluding hydrogens is 290 g/mol. The predicted molar refractivity (Wildman–Crippen MR) is 90.2 cm³/mol. The molecule has 0 bridgehead atoms. The minimum Gasteiger partial charge on any atom is -0.361 e. The lowest BCUT2D eigenvalue weighted by atomic mass is 10.1. The molecule has 122 valence electrons. The third-order valence-corrected chi connectivity index (χ3v) is 4.65. The molecule has 2 aromatic rings. The van der Waals surface area contributed by atoms with Crippen molar-refractivity contribution < 1.29 is 9.59 Å². The lowest BCUT2D eigenvalue weighted by Crippen LogP contribution is -2.45. The molecule has 1 N–H and O–H groups in total. The SMILES string of the molecule is Cc1cccc2c(CC(=O)N3CCCC3C(=O)N(C)C)c[nH]c12. The predicted octanol–water partition coefficient (Wildman–Crippen LogP) is 2.10. The Hall–Kier alpha value is -2.30. The summed E-state index contributed by atoms with van der Waals surface area (Å²) in [6, 6.07) is 5.79. The van der Waals surface area contributed by atoms with Crippen molar-refractivity contribution in [2.24, 2.45) is 0 Å². The molecule has 1 saturated heterocycles. The number of hydrogen-bond donors (Lipinski definition) is 1. The van der Waals surface area contributed by atoms with E-state index in [4.69, 9.17) is 0 Å². The highest BCUT2D eigenvalue weighted by Crippen LogP contribution is 2.24. The zero-order chi connectivity index (χ0) is 16.6. The van der Waals surface area contributed by atoms with Crippen LogP contribution in [0.2, 0.25) is 0 Å². The molecule has 0 radical (unpaired) electrons. The van der Waals surface area contributed by atoms with Crippen molar-refractivity contribution in [2.75, 3.05) is 20.6 Å². The van der Waals surface area contributed by atoms with Gasteiger partial charge in [-0.25, -0.2) is 0 Å². The van der Waals surface area contributed by atoms with Gasteiger partial charge in [0.2, 0.25) is 11.8 Å². The molecule has 5 nitrogen and oxygen atoms in total. The van der Waals surface area contributed by atoms with Gasteiger partial charge in [-0.15, -0.1) is 0 Å². The van der Waals surface area contributed by atoms with Gasteiger partial charge in [0.15, 0.2) is 0 Å². The van der Waals surface area contributed by atoms with Gasteiger partial charge in [-0.3, -0.25) is 9.59 Å². The third-order valence-electron chi connectivity index (χ3n) is 4.65. The van der Waals surface area contributed by atoms with Crippen LogP contribution in [0.5, 0.6) is 0 Å². The van der Waals surface area contributed by atoms with Crippen molar-refractivity contribution in [1.29, 1.82) is 0 Å². The van der Waals surface area contributed by atoms with Crippen molar-refractivity contribution in [3.05, 3.63) is 35.5 Å². The van der Waals surface area contributed by atoms with E-state index in [1.54, 1.807) is 23.9 Å². The highest BCUT2D eigenvalue weighted by Gasteiger charge is 2.34. The van der Waals surface area contributed by atoms with E-state index >= 15 is 0 Å². The zero-order valence-corrected chi connectivity index (χ0v) is 13.9. The van der Waals surface area contributed by atoms with Crippen molar-refractivity contribution in [2.45, 2.75) is 32.2 Å². The summed E-state index contributed by atoms with van der Waals surface area (Å²) in [5.74, 6) is 0.0516. The van der Waals surface area contributed by atoms with Crippen molar-refractivity contribution >= 4 is 22.7 Å². The Morgan fingerprint density at radius 1 is 1.35 bits per heavy atom. The maximum Gasteiger partial charge on any atom is 0.244 e. The van der Waals surface area contributed by atoms with E-state index in [-0.39, 0.29) is 17.9 Å². The van der Waals surface area contributed by atoms with Crippen LogP contribution in [0.25, 0.3) is 10.9 Å². The summed E-state index contributed by atoms with van der Waals surface area (Å²) in [7, 11) is 3.48. The van der Waals surface area contributed by atoms with Gasteiger partial charge in [-0.1, -0.05) is 18.2 Å². The van der Waals surface area contributed by atoms with E-state index in [0.717, 1.165) is 29.3 Å². The minimum atomic E-state index is -0.301. The number of likely N-dealkylation sites (N-methyl/N-ethyl adjacent to an activating group) is 1. The number of H-pyrrole nitrogens is 1. The van der Waals surface area contributed by atoms with Crippen LogP contribution in [0.3, 0.4) is 0 Å². The summed E-state index contributed by atoms with van der Waals surface area (Å²) >= 11 is 0. The third kappa shape index (κ3) is 2.83. The van der Waals surface area contributed by atoms with E-state index in [0.29, 0.717) is 13.0 Å². The number of nitrogens with zero attached hydrogens (tertiary/aromatic N) is 2. The number of likely N-dealkylation sites (tertiary alicyclic amines) is 1. The molecule has 1 atom stereocenters. The Labute approximate surface area is 136 Å². The molecule has 3 rings (SSSR count). The molecule has 1 unspecified atom stereocenters. The highest BCUT2D eigenvalue weighted by molar-refractivity contribution is 5.93. The van der Waals surface area contributed by atoms with Crippen LogP contribution < -0.4 is 0 Å². The van der Waals surface area contributed by atoms with Crippen LogP contribution in [0, 0.1) is 6.92 Å². The summed E-state index contributed by atoms with van der Waals surface area (Å²) in [4.78, 5) is 31.5. The van der Waals surface area contributed by atoms with Crippen molar-refractivity contribution in [1.82, 2.24) is 14.8 Å². The molecule has 2 amide bonds. The molecule has 23 heavy (non-hydrogen) atoms. The van der Waals surface area contributed by atoms with Crippen LogP contribution in [0.1, 0.15) is 24.0 Å². The normalized spacial score (nSPS) is 17.7. The number of para-hydroxylation sites is 1. The smallest absolute Gasteiger partial charge is 0.244 e. The maximum absolute atomic E-state index is 12.7. The minimum absolute atomic E-state index is 0.0191. The number of hydrogen-bond acceptors (Lipinski definition) is 2. The Morgan fingerprint density at radius 2 is 2.13 bits per heavy atom. The topological polar surface area (TPSA) is 56.4 Å². The molecule has 0 saturated carbocycles.